The number of hydrogen-bond acceptors (Lipinski definition) is 4. The molecule has 1 aromatic carbocycles. The van der Waals surface area contributed by atoms with Crippen LogP contribution in [0.25, 0.3) is 11.8 Å². The Balaban J connectivity index is 1.59. The van der Waals surface area contributed by atoms with Crippen LogP contribution in [-0.4, -0.2) is 51.1 Å². The Labute approximate surface area is 194 Å². The third kappa shape index (κ3) is 4.23. The maximum Gasteiger partial charge on any atom is 0.294 e. The van der Waals surface area contributed by atoms with Gasteiger partial charge in [0.2, 0.25) is 5.91 Å². The van der Waals surface area contributed by atoms with Gasteiger partial charge in [0.1, 0.15) is 6.54 Å². The molecule has 6 nitrogen and oxygen atoms in total. The summed E-state index contributed by atoms with van der Waals surface area (Å²) in [6.45, 7) is 7.28. The normalized spacial score (nSPS) is 18.0. The fraction of sp³-hybridized carbons (Fsp3) is 0.348. The van der Waals surface area contributed by atoms with E-state index in [2.05, 4.69) is 26.6 Å². The minimum absolute atomic E-state index is 0.162. The van der Waals surface area contributed by atoms with E-state index in [1.54, 1.807) is 11.0 Å². The predicted octanol–water partition coefficient (Wildman–Crippen LogP) is 4.82. The van der Waals surface area contributed by atoms with E-state index < -0.39 is 5.91 Å². The first-order chi connectivity index (χ1) is 14.8. The third-order valence-corrected chi connectivity index (χ3v) is 7.58. The summed E-state index contributed by atoms with van der Waals surface area (Å²) in [5, 5.41) is -0.388. The summed E-state index contributed by atoms with van der Waals surface area (Å²) in [6, 6.07) is 8.17. The van der Waals surface area contributed by atoms with Crippen molar-refractivity contribution in [1.82, 2.24) is 14.4 Å². The Morgan fingerprint density at radius 1 is 1.13 bits per heavy atom. The number of aromatic nitrogens is 1. The van der Waals surface area contributed by atoms with Gasteiger partial charge in [0.25, 0.3) is 11.1 Å². The summed E-state index contributed by atoms with van der Waals surface area (Å²) in [7, 11) is 0. The van der Waals surface area contributed by atoms with Crippen molar-refractivity contribution in [3.63, 3.8) is 0 Å². The molecule has 0 spiro atoms. The average molecular weight is 502 g/mol. The van der Waals surface area contributed by atoms with Gasteiger partial charge in [-0.05, 0) is 86.8 Å². The summed E-state index contributed by atoms with van der Waals surface area (Å²) < 4.78 is 3.18. The molecule has 0 unspecified atom stereocenters. The van der Waals surface area contributed by atoms with Crippen LogP contribution in [0.3, 0.4) is 0 Å². The highest BCUT2D eigenvalue weighted by Gasteiger charge is 2.37. The van der Waals surface area contributed by atoms with Crippen LogP contribution in [0.4, 0.5) is 4.79 Å². The molecule has 0 N–H and O–H groups in total. The molecule has 0 atom stereocenters. The molecule has 0 saturated carbocycles. The molecular weight excluding hydrogens is 478 g/mol. The van der Waals surface area contributed by atoms with Gasteiger partial charge in [-0.15, -0.1) is 0 Å². The van der Waals surface area contributed by atoms with Crippen molar-refractivity contribution < 1.29 is 14.4 Å². The van der Waals surface area contributed by atoms with Crippen LogP contribution in [0.5, 0.6) is 0 Å². The van der Waals surface area contributed by atoms with Crippen LogP contribution in [0, 0.1) is 20.8 Å². The van der Waals surface area contributed by atoms with Crippen LogP contribution in [-0.2, 0) is 9.59 Å². The van der Waals surface area contributed by atoms with E-state index in [9.17, 15) is 14.4 Å². The van der Waals surface area contributed by atoms with Crippen LogP contribution in [0.15, 0.2) is 33.6 Å². The first-order valence-electron chi connectivity index (χ1n) is 10.2. The van der Waals surface area contributed by atoms with Gasteiger partial charge in [0.15, 0.2) is 0 Å². The molecule has 3 amide bonds. The molecule has 2 fully saturated rings. The zero-order valence-electron chi connectivity index (χ0n) is 17.8. The fourth-order valence-corrected chi connectivity index (χ4v) is 5.15. The van der Waals surface area contributed by atoms with E-state index in [1.165, 1.54) is 0 Å². The second-order valence-electron chi connectivity index (χ2n) is 7.95. The Morgan fingerprint density at radius 2 is 1.84 bits per heavy atom. The zero-order chi connectivity index (χ0) is 22.3. The molecule has 2 aromatic rings. The number of imide groups is 1. The molecule has 8 heteroatoms. The highest BCUT2D eigenvalue weighted by molar-refractivity contribution is 9.10. The molecule has 162 valence electrons. The number of nitrogens with zero attached hydrogens (tertiary/aromatic N) is 3. The van der Waals surface area contributed by atoms with Gasteiger partial charge in [-0.25, -0.2) is 0 Å². The highest BCUT2D eigenvalue weighted by atomic mass is 79.9. The number of amides is 3. The lowest BCUT2D eigenvalue weighted by molar-refractivity contribution is -0.135. The number of rotatable bonds is 4. The largest absolute Gasteiger partial charge is 0.341 e. The van der Waals surface area contributed by atoms with Crippen molar-refractivity contribution >= 4 is 50.8 Å². The lowest BCUT2D eigenvalue weighted by Crippen LogP contribution is -2.40. The van der Waals surface area contributed by atoms with E-state index in [1.807, 2.05) is 39.0 Å². The number of carbonyl (C=O) groups excluding carboxylic acids is 3. The first kappa shape index (κ1) is 21.9. The van der Waals surface area contributed by atoms with E-state index >= 15 is 0 Å². The standard InChI is InChI=1S/C23H24BrN3O3S/c1-14-10-18(6-7-19(14)24)27-15(2)11-17(16(27)3)12-20-22(29)26(23(30)31-20)13-21(28)25-8-4-5-9-25/h6-7,10-12H,4-5,8-9,13H2,1-3H3/b20-12+. The minimum atomic E-state index is -0.396. The summed E-state index contributed by atoms with van der Waals surface area (Å²) in [5.41, 5.74) is 5.08. The number of carbonyl (C=O) groups is 3. The molecular formula is C23H24BrN3O3S. The topological polar surface area (TPSA) is 62.6 Å². The summed E-state index contributed by atoms with van der Waals surface area (Å²) in [4.78, 5) is 40.8. The molecule has 2 aliphatic heterocycles. The zero-order valence-corrected chi connectivity index (χ0v) is 20.2. The molecule has 0 radical (unpaired) electrons. The fourth-order valence-electron chi connectivity index (χ4n) is 4.08. The van der Waals surface area contributed by atoms with Gasteiger partial charge in [-0.3, -0.25) is 19.3 Å². The Kier molecular flexibility index (Phi) is 6.12. The van der Waals surface area contributed by atoms with Crippen molar-refractivity contribution in [2.75, 3.05) is 19.6 Å². The summed E-state index contributed by atoms with van der Waals surface area (Å²) in [5.74, 6) is -0.559. The minimum Gasteiger partial charge on any atom is -0.341 e. The number of thioether (sulfide) groups is 1. The molecule has 1 aromatic heterocycles. The number of hydrogen-bond donors (Lipinski definition) is 0. The maximum absolute atomic E-state index is 12.9. The van der Waals surface area contributed by atoms with E-state index in [0.717, 1.165) is 62.2 Å². The summed E-state index contributed by atoms with van der Waals surface area (Å²) in [6.07, 6.45) is 3.71. The second kappa shape index (κ2) is 8.67. The van der Waals surface area contributed by atoms with Crippen LogP contribution < -0.4 is 0 Å². The molecule has 2 saturated heterocycles. The molecule has 2 aliphatic rings. The monoisotopic (exact) mass is 501 g/mol. The van der Waals surface area contributed by atoms with Crippen molar-refractivity contribution in [2.24, 2.45) is 0 Å². The SMILES string of the molecule is Cc1cc(-n2c(C)cc(/C=C3/SC(=O)N(CC(=O)N4CCCC4)C3=O)c2C)ccc1Br. The number of aryl methyl sites for hydroxylation is 2. The van der Waals surface area contributed by atoms with Gasteiger partial charge in [0.05, 0.1) is 4.91 Å². The van der Waals surface area contributed by atoms with Crippen LogP contribution >= 0.6 is 27.7 Å². The Hall–Kier alpha value is -2.32. The van der Waals surface area contributed by atoms with Crippen molar-refractivity contribution in [1.29, 1.82) is 0 Å². The van der Waals surface area contributed by atoms with Crippen molar-refractivity contribution in [2.45, 2.75) is 33.6 Å². The number of benzene rings is 1. The van der Waals surface area contributed by atoms with E-state index in [-0.39, 0.29) is 17.7 Å². The molecule has 4 rings (SSSR count). The summed E-state index contributed by atoms with van der Waals surface area (Å²) >= 11 is 4.43. The third-order valence-electron chi connectivity index (χ3n) is 5.78. The average Bonchev–Trinajstić information content (AvgIpc) is 3.41. The molecule has 0 bridgehead atoms. The number of halogens is 1. The van der Waals surface area contributed by atoms with Gasteiger partial charge in [0, 0.05) is 34.6 Å². The van der Waals surface area contributed by atoms with Crippen molar-refractivity contribution in [3.05, 3.63) is 56.2 Å². The van der Waals surface area contributed by atoms with Crippen molar-refractivity contribution in [3.8, 4) is 5.69 Å². The van der Waals surface area contributed by atoms with Crippen LogP contribution in [0.2, 0.25) is 0 Å². The predicted molar refractivity (Wildman–Crippen MR) is 126 cm³/mol. The first-order valence-corrected chi connectivity index (χ1v) is 11.9. The molecule has 3 heterocycles. The van der Waals surface area contributed by atoms with Gasteiger partial charge in [-0.2, -0.15) is 0 Å². The Bertz CT molecular complexity index is 1120. The van der Waals surface area contributed by atoms with E-state index in [4.69, 9.17) is 0 Å². The number of likely N-dealkylation sites (tertiary alicyclic amines) is 1. The molecule has 31 heavy (non-hydrogen) atoms. The van der Waals surface area contributed by atoms with Crippen LogP contribution in [0.1, 0.15) is 35.4 Å². The Morgan fingerprint density at radius 3 is 2.52 bits per heavy atom. The lowest BCUT2D eigenvalue weighted by Gasteiger charge is -2.18. The lowest BCUT2D eigenvalue weighted by atomic mass is 10.2. The van der Waals surface area contributed by atoms with Gasteiger partial charge in [-0.1, -0.05) is 15.9 Å². The smallest absolute Gasteiger partial charge is 0.294 e. The second-order valence-corrected chi connectivity index (χ2v) is 9.80. The quantitative estimate of drug-likeness (QED) is 0.563. The van der Waals surface area contributed by atoms with Gasteiger partial charge < -0.3 is 9.47 Å². The maximum atomic E-state index is 12.9. The van der Waals surface area contributed by atoms with E-state index in [0.29, 0.717) is 18.0 Å². The highest BCUT2D eigenvalue weighted by Crippen LogP contribution is 2.34. The van der Waals surface area contributed by atoms with Gasteiger partial charge >= 0.3 is 0 Å². The molecule has 0 aliphatic carbocycles.